The van der Waals surface area contributed by atoms with Crippen molar-refractivity contribution in [1.82, 2.24) is 4.48 Å². The van der Waals surface area contributed by atoms with Gasteiger partial charge in [0.25, 0.3) is 0 Å². The predicted molar refractivity (Wildman–Crippen MR) is 242 cm³/mol. The number of hydrogen-bond acceptors (Lipinski definition) is 1. The molecule has 1 aliphatic rings. The molecule has 2 unspecified atom stereocenters. The number of benzene rings is 1. The quantitative estimate of drug-likeness (QED) is 0.0290. The first-order chi connectivity index (χ1) is 24.5. The average Bonchev–Trinajstić information content (AvgIpc) is 3.15. The topological polar surface area (TPSA) is 9.23 Å². The van der Waals surface area contributed by atoms with Crippen LogP contribution in [0, 0.1) is 0 Å². The van der Waals surface area contributed by atoms with E-state index in [-0.39, 0.29) is 0 Å². The van der Waals surface area contributed by atoms with Crippen LogP contribution in [0.5, 0.6) is 0 Å². The Hall–Kier alpha value is -0.0800. The molecule has 0 spiro atoms. The molecule has 0 bridgehead atoms. The minimum Gasteiger partial charge on any atom is -0.497 e. The standard InChI is InChI=1S/C46H80I2NO/c1-4-6-8-10-12-14-16-18-20-22-24-26-28-30-38-49(3,39-31-29-27-25-23-21-19-17-15-13-11-9-7-5-2)44-34-32-42(33-35-44)45(47)46(48)43-36-40-50-41-37-43/h32-37,40,45-46H,4-31,38-39,41H2,1-3H3/q+1. The van der Waals surface area contributed by atoms with Gasteiger partial charge in [-0.15, -0.1) is 0 Å². The van der Waals surface area contributed by atoms with Gasteiger partial charge >= 0.3 is 0 Å². The summed E-state index contributed by atoms with van der Waals surface area (Å²) in [5, 5.41) is 0. The molecule has 1 aromatic rings. The summed E-state index contributed by atoms with van der Waals surface area (Å²) < 4.78 is 7.40. The number of nitrogens with zero attached hydrogens (tertiary/aromatic N) is 1. The fourth-order valence-electron chi connectivity index (χ4n) is 7.64. The van der Waals surface area contributed by atoms with Gasteiger partial charge in [-0.3, -0.25) is 4.48 Å². The SMILES string of the molecule is CCCCCCCCCCCCCCCC[N+](C)(CCCCCCCCCCCCCCCC)c1ccc(C(I)C(I)C2=CCOC=C2)cc1. The van der Waals surface area contributed by atoms with Crippen LogP contribution in [-0.4, -0.2) is 30.7 Å². The second kappa shape index (κ2) is 31.3. The second-order valence-corrected chi connectivity index (χ2v) is 18.5. The highest BCUT2D eigenvalue weighted by Crippen LogP contribution is 2.38. The van der Waals surface area contributed by atoms with Crippen LogP contribution in [-0.2, 0) is 4.74 Å². The lowest BCUT2D eigenvalue weighted by Crippen LogP contribution is -2.46. The number of quaternary nitrogens is 1. The van der Waals surface area contributed by atoms with Crippen LogP contribution in [0.1, 0.15) is 203 Å². The minimum atomic E-state index is 0.450. The fourth-order valence-corrected chi connectivity index (χ4v) is 9.34. The summed E-state index contributed by atoms with van der Waals surface area (Å²) in [5.41, 5.74) is 4.34. The molecule has 1 heterocycles. The molecule has 0 saturated heterocycles. The van der Waals surface area contributed by atoms with E-state index in [1.165, 1.54) is 210 Å². The van der Waals surface area contributed by atoms with E-state index < -0.39 is 0 Å². The van der Waals surface area contributed by atoms with Crippen molar-refractivity contribution in [3.05, 3.63) is 53.8 Å². The molecule has 2 rings (SSSR count). The maximum Gasteiger partial charge on any atom is 0.132 e. The van der Waals surface area contributed by atoms with E-state index in [1.54, 1.807) is 0 Å². The Morgan fingerprint density at radius 1 is 0.520 bits per heavy atom. The molecule has 4 heteroatoms. The van der Waals surface area contributed by atoms with E-state index in [0.29, 0.717) is 14.5 Å². The molecule has 1 aromatic carbocycles. The first kappa shape index (κ1) is 46.1. The van der Waals surface area contributed by atoms with E-state index >= 15 is 0 Å². The highest BCUT2D eigenvalue weighted by Gasteiger charge is 2.26. The highest BCUT2D eigenvalue weighted by atomic mass is 127. The van der Waals surface area contributed by atoms with Crippen LogP contribution in [0.2, 0.25) is 0 Å². The van der Waals surface area contributed by atoms with Gasteiger partial charge in [0.2, 0.25) is 0 Å². The summed E-state index contributed by atoms with van der Waals surface area (Å²) in [6.07, 6.45) is 46.2. The van der Waals surface area contributed by atoms with Crippen LogP contribution in [0.4, 0.5) is 5.69 Å². The summed E-state index contributed by atoms with van der Waals surface area (Å²) >= 11 is 5.27. The van der Waals surface area contributed by atoms with Gasteiger partial charge < -0.3 is 4.74 Å². The van der Waals surface area contributed by atoms with Gasteiger partial charge in [-0.05, 0) is 61.1 Å². The number of alkyl halides is 2. The normalized spacial score (nSPS) is 14.5. The van der Waals surface area contributed by atoms with Crippen molar-refractivity contribution in [3.63, 3.8) is 0 Å². The van der Waals surface area contributed by atoms with Crippen LogP contribution in [0.15, 0.2) is 48.3 Å². The molecular formula is C46H80I2NO+. The van der Waals surface area contributed by atoms with Gasteiger partial charge in [-0.1, -0.05) is 225 Å². The summed E-state index contributed by atoms with van der Waals surface area (Å²) in [6, 6.07) is 9.78. The molecule has 0 N–H and O–H groups in total. The molecule has 50 heavy (non-hydrogen) atoms. The molecule has 0 amide bonds. The number of hydrogen-bond donors (Lipinski definition) is 0. The first-order valence-corrected chi connectivity index (χ1v) is 24.2. The molecular weight excluding hydrogens is 836 g/mol. The lowest BCUT2D eigenvalue weighted by Gasteiger charge is -2.35. The fraction of sp³-hybridized carbons (Fsp3) is 0.783. The van der Waals surface area contributed by atoms with E-state index in [9.17, 15) is 0 Å². The van der Waals surface area contributed by atoms with Gasteiger partial charge in [0.1, 0.15) is 12.3 Å². The Balaban J connectivity index is 1.74. The maximum absolute atomic E-state index is 5.40. The minimum absolute atomic E-state index is 0.450. The lowest BCUT2D eigenvalue weighted by atomic mass is 10.0. The monoisotopic (exact) mass is 916 g/mol. The molecule has 0 saturated carbocycles. The Morgan fingerprint density at radius 2 is 0.880 bits per heavy atom. The zero-order valence-corrected chi connectivity index (χ0v) is 37.5. The van der Waals surface area contributed by atoms with Gasteiger partial charge in [0.15, 0.2) is 0 Å². The molecule has 0 fully saturated rings. The van der Waals surface area contributed by atoms with Crippen molar-refractivity contribution < 1.29 is 4.74 Å². The number of rotatable bonds is 34. The van der Waals surface area contributed by atoms with Crippen molar-refractivity contribution in [2.24, 2.45) is 0 Å². The molecule has 2 atom stereocenters. The summed E-state index contributed by atoms with van der Waals surface area (Å²) in [6.45, 7) is 7.86. The van der Waals surface area contributed by atoms with Crippen molar-refractivity contribution in [2.45, 2.75) is 201 Å². The molecule has 0 aliphatic carbocycles. The Bertz CT molecular complexity index is 941. The van der Waals surface area contributed by atoms with E-state index in [2.05, 4.69) is 102 Å². The van der Waals surface area contributed by atoms with Crippen molar-refractivity contribution in [3.8, 4) is 0 Å². The summed E-state index contributed by atoms with van der Waals surface area (Å²) in [4.78, 5) is 0. The van der Waals surface area contributed by atoms with Gasteiger partial charge in [0, 0.05) is 0 Å². The third-order valence-corrected chi connectivity index (χ3v) is 15.4. The summed E-state index contributed by atoms with van der Waals surface area (Å²) in [7, 11) is 2.53. The smallest absolute Gasteiger partial charge is 0.132 e. The van der Waals surface area contributed by atoms with Crippen molar-refractivity contribution in [2.75, 3.05) is 26.7 Å². The largest absolute Gasteiger partial charge is 0.497 e. The second-order valence-electron chi connectivity index (χ2n) is 15.8. The van der Waals surface area contributed by atoms with Gasteiger partial charge in [-0.2, -0.15) is 0 Å². The number of unbranched alkanes of at least 4 members (excludes halogenated alkanes) is 26. The zero-order chi connectivity index (χ0) is 36.0. The van der Waals surface area contributed by atoms with Crippen molar-refractivity contribution in [1.29, 1.82) is 0 Å². The van der Waals surface area contributed by atoms with E-state index in [0.717, 1.165) is 4.48 Å². The molecule has 288 valence electrons. The Kier molecular flexibility index (Phi) is 28.8. The Morgan fingerprint density at radius 3 is 1.22 bits per heavy atom. The zero-order valence-electron chi connectivity index (χ0n) is 33.2. The highest BCUT2D eigenvalue weighted by molar-refractivity contribution is 14.1. The van der Waals surface area contributed by atoms with Crippen LogP contribution in [0.3, 0.4) is 0 Å². The Labute approximate surface area is 339 Å². The average molecular weight is 917 g/mol. The maximum atomic E-state index is 5.40. The number of halogens is 2. The predicted octanol–water partition coefficient (Wildman–Crippen LogP) is 16.3. The molecule has 2 nitrogen and oxygen atoms in total. The number of ether oxygens (including phenoxy) is 1. The molecule has 0 aromatic heterocycles. The third-order valence-electron chi connectivity index (χ3n) is 11.2. The van der Waals surface area contributed by atoms with Crippen LogP contribution >= 0.6 is 45.2 Å². The lowest BCUT2D eigenvalue weighted by molar-refractivity contribution is 0.284. The molecule has 1 aliphatic heterocycles. The van der Waals surface area contributed by atoms with Crippen LogP contribution < -0.4 is 4.48 Å². The summed E-state index contributed by atoms with van der Waals surface area (Å²) in [5.74, 6) is 0. The third kappa shape index (κ3) is 21.6. The van der Waals surface area contributed by atoms with E-state index in [1.807, 2.05) is 6.26 Å². The van der Waals surface area contributed by atoms with Gasteiger partial charge in [-0.25, -0.2) is 0 Å². The first-order valence-electron chi connectivity index (χ1n) is 21.7. The van der Waals surface area contributed by atoms with Gasteiger partial charge in [0.05, 0.1) is 34.2 Å². The molecule has 0 radical (unpaired) electrons. The number of allylic oxidation sites excluding steroid dienone is 2. The van der Waals surface area contributed by atoms with Crippen LogP contribution in [0.25, 0.3) is 0 Å². The van der Waals surface area contributed by atoms with Crippen molar-refractivity contribution >= 4 is 50.9 Å². The van der Waals surface area contributed by atoms with E-state index in [4.69, 9.17) is 4.74 Å².